The van der Waals surface area contributed by atoms with Crippen LogP contribution >= 0.6 is 0 Å². The standard InChI is InChI=1S/C21H22N6O2/c1-2-13-10-15(29-21(28)24-14-6-4-3-5-7-14)11-16(13)20-26-25-18-12-23-19-17(27(18)20)8-9-22-19/h3-9,12-13,15-16,22H,2,10-11H2,1H3,(H,24,28)/t13-,15+,16+/m1/s1. The molecule has 3 atom stereocenters. The zero-order valence-electron chi connectivity index (χ0n) is 16.1. The average molecular weight is 390 g/mol. The number of nitrogens with one attached hydrogen (secondary N) is 2. The van der Waals surface area contributed by atoms with Gasteiger partial charge in [0, 0.05) is 17.8 Å². The molecule has 0 spiro atoms. The lowest BCUT2D eigenvalue weighted by Crippen LogP contribution is -2.20. The van der Waals surface area contributed by atoms with Crippen LogP contribution in [0.2, 0.25) is 0 Å². The van der Waals surface area contributed by atoms with Gasteiger partial charge in [-0.25, -0.2) is 9.78 Å². The average Bonchev–Trinajstić information content (AvgIpc) is 3.45. The molecule has 0 aliphatic heterocycles. The van der Waals surface area contributed by atoms with Crippen LogP contribution in [0.5, 0.6) is 0 Å². The Morgan fingerprint density at radius 1 is 1.24 bits per heavy atom. The van der Waals surface area contributed by atoms with E-state index in [2.05, 4.69) is 36.8 Å². The molecule has 1 fully saturated rings. The summed E-state index contributed by atoms with van der Waals surface area (Å²) in [5, 5.41) is 11.6. The number of H-pyrrole nitrogens is 1. The number of amides is 1. The van der Waals surface area contributed by atoms with E-state index >= 15 is 0 Å². The van der Waals surface area contributed by atoms with Crippen LogP contribution < -0.4 is 5.32 Å². The third kappa shape index (κ3) is 3.20. The molecule has 148 valence electrons. The summed E-state index contributed by atoms with van der Waals surface area (Å²) >= 11 is 0. The number of aromatic nitrogens is 5. The number of anilines is 1. The van der Waals surface area contributed by atoms with Crippen LogP contribution in [0.15, 0.2) is 48.8 Å². The van der Waals surface area contributed by atoms with Crippen LogP contribution in [0.1, 0.15) is 37.9 Å². The lowest BCUT2D eigenvalue weighted by molar-refractivity contribution is 0.111. The van der Waals surface area contributed by atoms with Gasteiger partial charge in [0.25, 0.3) is 0 Å². The van der Waals surface area contributed by atoms with E-state index in [1.54, 1.807) is 6.20 Å². The van der Waals surface area contributed by atoms with Crippen molar-refractivity contribution in [1.82, 2.24) is 24.6 Å². The van der Waals surface area contributed by atoms with E-state index in [4.69, 9.17) is 4.74 Å². The maximum absolute atomic E-state index is 12.3. The van der Waals surface area contributed by atoms with E-state index in [9.17, 15) is 4.79 Å². The Morgan fingerprint density at radius 2 is 2.10 bits per heavy atom. The first-order valence-electron chi connectivity index (χ1n) is 9.92. The summed E-state index contributed by atoms with van der Waals surface area (Å²) in [5.41, 5.74) is 3.22. The van der Waals surface area contributed by atoms with Crippen molar-refractivity contribution in [2.45, 2.75) is 38.2 Å². The highest BCUT2D eigenvalue weighted by atomic mass is 16.6. The molecular formula is C21H22N6O2. The zero-order valence-corrected chi connectivity index (χ0v) is 16.1. The molecule has 5 rings (SSSR count). The van der Waals surface area contributed by atoms with Crippen molar-refractivity contribution in [3.63, 3.8) is 0 Å². The van der Waals surface area contributed by atoms with Gasteiger partial charge in [-0.2, -0.15) is 0 Å². The molecule has 1 saturated carbocycles. The lowest BCUT2D eigenvalue weighted by atomic mass is 9.93. The van der Waals surface area contributed by atoms with Crippen LogP contribution in [-0.2, 0) is 4.74 Å². The minimum Gasteiger partial charge on any atom is -0.446 e. The van der Waals surface area contributed by atoms with Gasteiger partial charge < -0.3 is 9.72 Å². The van der Waals surface area contributed by atoms with E-state index in [0.29, 0.717) is 5.92 Å². The summed E-state index contributed by atoms with van der Waals surface area (Å²) in [4.78, 5) is 19.9. The number of hydrogen-bond acceptors (Lipinski definition) is 5. The molecule has 8 nitrogen and oxygen atoms in total. The number of rotatable bonds is 4. The molecule has 8 heteroatoms. The SMILES string of the molecule is CC[C@@H]1C[C@H](OC(=O)Nc2ccccc2)C[C@@H]1c1nnc2cnc3[nH]ccc3n12. The highest BCUT2D eigenvalue weighted by Crippen LogP contribution is 2.42. The summed E-state index contributed by atoms with van der Waals surface area (Å²) in [7, 11) is 0. The monoisotopic (exact) mass is 390 g/mol. The summed E-state index contributed by atoms with van der Waals surface area (Å²) < 4.78 is 7.80. The number of carbonyl (C=O) groups excluding carboxylic acids is 1. The van der Waals surface area contributed by atoms with E-state index in [1.807, 2.05) is 42.6 Å². The van der Waals surface area contributed by atoms with Crippen LogP contribution in [0, 0.1) is 5.92 Å². The second kappa shape index (κ2) is 7.20. The van der Waals surface area contributed by atoms with Crippen LogP contribution in [-0.4, -0.2) is 36.8 Å². The molecule has 3 heterocycles. The highest BCUT2D eigenvalue weighted by molar-refractivity contribution is 5.84. The van der Waals surface area contributed by atoms with Gasteiger partial charge >= 0.3 is 6.09 Å². The van der Waals surface area contributed by atoms with Gasteiger partial charge in [0.15, 0.2) is 11.3 Å². The molecule has 0 bridgehead atoms. The maximum atomic E-state index is 12.3. The van der Waals surface area contributed by atoms with Crippen molar-refractivity contribution in [3.8, 4) is 0 Å². The Labute approximate surface area is 167 Å². The first kappa shape index (κ1) is 17.7. The first-order chi connectivity index (χ1) is 14.2. The number of hydrogen-bond donors (Lipinski definition) is 2. The number of nitrogens with zero attached hydrogens (tertiary/aromatic N) is 4. The van der Waals surface area contributed by atoms with Crippen LogP contribution in [0.25, 0.3) is 16.8 Å². The van der Waals surface area contributed by atoms with E-state index in [-0.39, 0.29) is 12.0 Å². The molecule has 29 heavy (non-hydrogen) atoms. The number of para-hydroxylation sites is 1. The minimum absolute atomic E-state index is 0.149. The molecule has 0 saturated heterocycles. The Balaban J connectivity index is 1.38. The quantitative estimate of drug-likeness (QED) is 0.546. The number of benzene rings is 1. The largest absolute Gasteiger partial charge is 0.446 e. The summed E-state index contributed by atoms with van der Waals surface area (Å²) in [6, 6.07) is 11.3. The van der Waals surface area contributed by atoms with E-state index in [0.717, 1.165) is 47.6 Å². The molecule has 1 amide bonds. The lowest BCUT2D eigenvalue weighted by Gasteiger charge is -2.15. The van der Waals surface area contributed by atoms with Crippen LogP contribution in [0.3, 0.4) is 0 Å². The second-order valence-electron chi connectivity index (χ2n) is 7.49. The molecule has 4 aromatic rings. The van der Waals surface area contributed by atoms with Gasteiger partial charge in [0.05, 0.1) is 11.7 Å². The number of carbonyl (C=O) groups is 1. The van der Waals surface area contributed by atoms with Crippen molar-refractivity contribution < 1.29 is 9.53 Å². The number of fused-ring (bicyclic) bond motifs is 3. The van der Waals surface area contributed by atoms with E-state index in [1.165, 1.54) is 0 Å². The predicted molar refractivity (Wildman–Crippen MR) is 109 cm³/mol. The summed E-state index contributed by atoms with van der Waals surface area (Å²) in [6.45, 7) is 2.17. The Bertz CT molecular complexity index is 1150. The molecular weight excluding hydrogens is 368 g/mol. The molecule has 0 radical (unpaired) electrons. The minimum atomic E-state index is -0.417. The van der Waals surface area contributed by atoms with Gasteiger partial charge in [-0.05, 0) is 37.0 Å². The predicted octanol–water partition coefficient (Wildman–Crippen LogP) is 4.13. The van der Waals surface area contributed by atoms with Crippen molar-refractivity contribution in [1.29, 1.82) is 0 Å². The van der Waals surface area contributed by atoms with Gasteiger partial charge in [-0.15, -0.1) is 10.2 Å². The molecule has 1 aromatic carbocycles. The van der Waals surface area contributed by atoms with Crippen LogP contribution in [0.4, 0.5) is 10.5 Å². The first-order valence-corrected chi connectivity index (χ1v) is 9.92. The Morgan fingerprint density at radius 3 is 2.93 bits per heavy atom. The van der Waals surface area contributed by atoms with Crippen molar-refractivity contribution in [2.24, 2.45) is 5.92 Å². The fourth-order valence-electron chi connectivity index (χ4n) is 4.40. The zero-order chi connectivity index (χ0) is 19.8. The third-order valence-corrected chi connectivity index (χ3v) is 5.77. The van der Waals surface area contributed by atoms with E-state index < -0.39 is 6.09 Å². The fourth-order valence-corrected chi connectivity index (χ4v) is 4.40. The molecule has 3 aromatic heterocycles. The smallest absolute Gasteiger partial charge is 0.411 e. The van der Waals surface area contributed by atoms with Crippen molar-refractivity contribution in [3.05, 3.63) is 54.6 Å². The molecule has 0 unspecified atom stereocenters. The molecule has 1 aliphatic rings. The number of aromatic amines is 1. The second-order valence-corrected chi connectivity index (χ2v) is 7.49. The highest BCUT2D eigenvalue weighted by Gasteiger charge is 2.39. The molecule has 1 aliphatic carbocycles. The van der Waals surface area contributed by atoms with Crippen molar-refractivity contribution >= 4 is 28.6 Å². The van der Waals surface area contributed by atoms with Gasteiger partial charge in [0.2, 0.25) is 0 Å². The third-order valence-electron chi connectivity index (χ3n) is 5.77. The number of ether oxygens (including phenoxy) is 1. The maximum Gasteiger partial charge on any atom is 0.411 e. The Kier molecular flexibility index (Phi) is 4.38. The summed E-state index contributed by atoms with van der Waals surface area (Å²) in [5.74, 6) is 1.46. The normalized spacial score (nSPS) is 21.6. The van der Waals surface area contributed by atoms with Gasteiger partial charge in [0.1, 0.15) is 11.9 Å². The van der Waals surface area contributed by atoms with Crippen molar-refractivity contribution in [2.75, 3.05) is 5.32 Å². The fraction of sp³-hybridized carbons (Fsp3) is 0.333. The Hall–Kier alpha value is -3.42. The molecule has 2 N–H and O–H groups in total. The van der Waals surface area contributed by atoms with Gasteiger partial charge in [-0.1, -0.05) is 31.5 Å². The topological polar surface area (TPSA) is 97.2 Å². The van der Waals surface area contributed by atoms with Gasteiger partial charge in [-0.3, -0.25) is 9.72 Å². The summed E-state index contributed by atoms with van der Waals surface area (Å²) in [6.07, 6.45) is 5.57.